The fourth-order valence-electron chi connectivity index (χ4n) is 5.12. The number of halogens is 3. The maximum absolute atomic E-state index is 13.6. The van der Waals surface area contributed by atoms with Gasteiger partial charge in [-0.05, 0) is 72.4 Å². The molecule has 176 valence electrons. The standard InChI is InChI=1S/C27H25F3N2O2/c1-34-21-7-4-6-18(15-21)25-16-24(31-23-14-9-17-5-2-3-8-22(17)23)26(33)32(25)20-12-10-19(11-13-20)27(28,29)30/h2-8,10-13,15,23-25,31H,9,14,16H2,1H3/t23-,24-,25-/m1/s1. The number of rotatable bonds is 5. The molecule has 3 atom stereocenters. The van der Waals surface area contributed by atoms with E-state index in [0.29, 0.717) is 17.9 Å². The van der Waals surface area contributed by atoms with Crippen LogP contribution >= 0.6 is 0 Å². The molecule has 0 aromatic heterocycles. The SMILES string of the molecule is COc1cccc([C@H]2C[C@@H](N[C@@H]3CCc4ccccc43)C(=O)N2c2ccc(C(F)(F)F)cc2)c1. The summed E-state index contributed by atoms with van der Waals surface area (Å²) in [6, 6.07) is 19.8. The van der Waals surface area contributed by atoms with Gasteiger partial charge in [0.2, 0.25) is 5.91 Å². The number of carbonyl (C=O) groups is 1. The lowest BCUT2D eigenvalue weighted by Gasteiger charge is -2.26. The highest BCUT2D eigenvalue weighted by molar-refractivity contribution is 6.00. The number of hydrogen-bond donors (Lipinski definition) is 1. The van der Waals surface area contributed by atoms with Crippen molar-refractivity contribution in [3.8, 4) is 5.75 Å². The molecule has 1 saturated heterocycles. The van der Waals surface area contributed by atoms with Crippen molar-refractivity contribution in [1.29, 1.82) is 0 Å². The molecule has 1 aliphatic carbocycles. The summed E-state index contributed by atoms with van der Waals surface area (Å²) in [7, 11) is 1.58. The van der Waals surface area contributed by atoms with E-state index >= 15 is 0 Å². The molecule has 1 amide bonds. The van der Waals surface area contributed by atoms with Gasteiger partial charge < -0.3 is 9.64 Å². The first-order chi connectivity index (χ1) is 16.3. The molecule has 0 spiro atoms. The molecule has 1 N–H and O–H groups in total. The average Bonchev–Trinajstić information content (AvgIpc) is 3.40. The molecule has 1 fully saturated rings. The Morgan fingerprint density at radius 1 is 0.971 bits per heavy atom. The number of carbonyl (C=O) groups excluding carboxylic acids is 1. The van der Waals surface area contributed by atoms with Crippen LogP contribution < -0.4 is 15.0 Å². The van der Waals surface area contributed by atoms with E-state index in [9.17, 15) is 18.0 Å². The van der Waals surface area contributed by atoms with E-state index in [4.69, 9.17) is 4.74 Å². The second-order valence-electron chi connectivity index (χ2n) is 8.79. The number of methoxy groups -OCH3 is 1. The van der Waals surface area contributed by atoms with Crippen LogP contribution in [0.1, 0.15) is 47.2 Å². The Bertz CT molecular complexity index is 1190. The number of aryl methyl sites for hydroxylation is 1. The fourth-order valence-corrected chi connectivity index (χ4v) is 5.12. The van der Waals surface area contributed by atoms with Crippen LogP contribution in [0, 0.1) is 0 Å². The van der Waals surface area contributed by atoms with Gasteiger partial charge in [0.1, 0.15) is 5.75 Å². The van der Waals surface area contributed by atoms with Crippen molar-refractivity contribution in [2.75, 3.05) is 12.0 Å². The van der Waals surface area contributed by atoms with Gasteiger partial charge in [-0.15, -0.1) is 0 Å². The van der Waals surface area contributed by atoms with Crippen LogP contribution in [0.2, 0.25) is 0 Å². The van der Waals surface area contributed by atoms with Crippen molar-refractivity contribution >= 4 is 11.6 Å². The summed E-state index contributed by atoms with van der Waals surface area (Å²) in [5.41, 5.74) is 3.08. The summed E-state index contributed by atoms with van der Waals surface area (Å²) in [5.74, 6) is 0.524. The number of nitrogens with zero attached hydrogens (tertiary/aromatic N) is 1. The monoisotopic (exact) mass is 466 g/mol. The minimum absolute atomic E-state index is 0.0728. The third kappa shape index (κ3) is 4.16. The average molecular weight is 467 g/mol. The highest BCUT2D eigenvalue weighted by Gasteiger charge is 2.43. The summed E-state index contributed by atoms with van der Waals surface area (Å²) >= 11 is 0. The zero-order chi connectivity index (χ0) is 23.9. The molecule has 4 nitrogen and oxygen atoms in total. The number of anilines is 1. The highest BCUT2D eigenvalue weighted by atomic mass is 19.4. The minimum atomic E-state index is -4.43. The van der Waals surface area contributed by atoms with E-state index in [1.807, 2.05) is 36.4 Å². The predicted molar refractivity (Wildman–Crippen MR) is 124 cm³/mol. The maximum Gasteiger partial charge on any atom is 0.416 e. The number of fused-ring (bicyclic) bond motifs is 1. The molecular formula is C27H25F3N2O2. The summed E-state index contributed by atoms with van der Waals surface area (Å²) in [4.78, 5) is 15.3. The van der Waals surface area contributed by atoms with Gasteiger partial charge >= 0.3 is 6.18 Å². The van der Waals surface area contributed by atoms with E-state index in [-0.39, 0.29) is 18.0 Å². The van der Waals surface area contributed by atoms with Gasteiger partial charge in [-0.1, -0.05) is 36.4 Å². The summed E-state index contributed by atoms with van der Waals surface area (Å²) in [5, 5.41) is 3.55. The van der Waals surface area contributed by atoms with Crippen molar-refractivity contribution in [3.05, 3.63) is 95.1 Å². The lowest BCUT2D eigenvalue weighted by Crippen LogP contribution is -2.40. The Balaban J connectivity index is 1.47. The molecule has 2 aliphatic rings. The Hall–Kier alpha value is -3.32. The van der Waals surface area contributed by atoms with Crippen molar-refractivity contribution < 1.29 is 22.7 Å². The van der Waals surface area contributed by atoms with Gasteiger partial charge in [-0.2, -0.15) is 13.2 Å². The van der Waals surface area contributed by atoms with Crippen LogP contribution in [0.25, 0.3) is 0 Å². The molecule has 0 bridgehead atoms. The molecule has 0 unspecified atom stereocenters. The Morgan fingerprint density at radius 3 is 2.47 bits per heavy atom. The Labute approximate surface area is 196 Å². The second-order valence-corrected chi connectivity index (χ2v) is 8.79. The van der Waals surface area contributed by atoms with Crippen LogP contribution in [0.3, 0.4) is 0 Å². The Kier molecular flexibility index (Phi) is 5.81. The van der Waals surface area contributed by atoms with Gasteiger partial charge in [0.15, 0.2) is 0 Å². The van der Waals surface area contributed by atoms with Gasteiger partial charge in [0.05, 0.1) is 24.8 Å². The maximum atomic E-state index is 13.6. The summed E-state index contributed by atoms with van der Waals surface area (Å²) in [6.07, 6.45) is -2.06. The molecule has 0 radical (unpaired) electrons. The lowest BCUT2D eigenvalue weighted by atomic mass is 10.0. The third-order valence-corrected chi connectivity index (χ3v) is 6.79. The van der Waals surface area contributed by atoms with Crippen molar-refractivity contribution in [2.24, 2.45) is 0 Å². The van der Waals surface area contributed by atoms with Gasteiger partial charge in [0, 0.05) is 11.7 Å². The summed E-state index contributed by atoms with van der Waals surface area (Å²) < 4.78 is 44.7. The molecule has 3 aromatic carbocycles. The van der Waals surface area contributed by atoms with E-state index in [0.717, 1.165) is 30.5 Å². The number of hydrogen-bond acceptors (Lipinski definition) is 3. The molecule has 3 aromatic rings. The van der Waals surface area contributed by atoms with E-state index in [2.05, 4.69) is 17.4 Å². The largest absolute Gasteiger partial charge is 0.497 e. The van der Waals surface area contributed by atoms with Crippen molar-refractivity contribution in [3.63, 3.8) is 0 Å². The van der Waals surface area contributed by atoms with Crippen LogP contribution in [-0.2, 0) is 17.4 Å². The molecule has 0 saturated carbocycles. The van der Waals surface area contributed by atoms with Crippen LogP contribution in [0.4, 0.5) is 18.9 Å². The zero-order valence-corrected chi connectivity index (χ0v) is 18.7. The number of alkyl halides is 3. The van der Waals surface area contributed by atoms with E-state index in [1.165, 1.54) is 23.3 Å². The molecule has 1 aliphatic heterocycles. The second kappa shape index (κ2) is 8.80. The number of ether oxygens (including phenoxy) is 1. The zero-order valence-electron chi connectivity index (χ0n) is 18.7. The predicted octanol–water partition coefficient (Wildman–Crippen LogP) is 5.84. The normalized spacial score (nSPS) is 22.2. The van der Waals surface area contributed by atoms with Crippen molar-refractivity contribution in [2.45, 2.75) is 43.6 Å². The molecule has 5 rings (SSSR count). The minimum Gasteiger partial charge on any atom is -0.497 e. The van der Waals surface area contributed by atoms with E-state index in [1.54, 1.807) is 12.0 Å². The van der Waals surface area contributed by atoms with Crippen LogP contribution in [0.5, 0.6) is 5.75 Å². The molecule has 1 heterocycles. The topological polar surface area (TPSA) is 41.6 Å². The first-order valence-corrected chi connectivity index (χ1v) is 11.3. The van der Waals surface area contributed by atoms with Gasteiger partial charge in [-0.25, -0.2) is 0 Å². The first kappa shape index (κ1) is 22.5. The lowest BCUT2D eigenvalue weighted by molar-refractivity contribution is -0.137. The summed E-state index contributed by atoms with van der Waals surface area (Å²) in [6.45, 7) is 0. The quantitative estimate of drug-likeness (QED) is 0.514. The van der Waals surface area contributed by atoms with Crippen LogP contribution in [0.15, 0.2) is 72.8 Å². The van der Waals surface area contributed by atoms with Gasteiger partial charge in [0.25, 0.3) is 0 Å². The number of amides is 1. The fraction of sp³-hybridized carbons (Fsp3) is 0.296. The number of benzene rings is 3. The Morgan fingerprint density at radius 2 is 1.74 bits per heavy atom. The first-order valence-electron chi connectivity index (χ1n) is 11.3. The third-order valence-electron chi connectivity index (χ3n) is 6.79. The van der Waals surface area contributed by atoms with Gasteiger partial charge in [-0.3, -0.25) is 10.1 Å². The molecule has 7 heteroatoms. The molecular weight excluding hydrogens is 441 g/mol. The van der Waals surface area contributed by atoms with Crippen LogP contribution in [-0.4, -0.2) is 19.1 Å². The van der Waals surface area contributed by atoms with E-state index < -0.39 is 17.8 Å². The number of nitrogens with one attached hydrogen (secondary N) is 1. The molecule has 34 heavy (non-hydrogen) atoms. The highest BCUT2D eigenvalue weighted by Crippen LogP contribution is 2.41. The smallest absolute Gasteiger partial charge is 0.416 e. The van der Waals surface area contributed by atoms with Crippen molar-refractivity contribution in [1.82, 2.24) is 5.32 Å².